The number of Topliss-reactive ketones (excluding diaryl/α,β-unsaturated/α-hetero) is 1. The third kappa shape index (κ3) is 1.97. The van der Waals surface area contributed by atoms with Crippen molar-refractivity contribution < 1.29 is 9.53 Å². The van der Waals surface area contributed by atoms with Crippen molar-refractivity contribution in [2.75, 3.05) is 6.61 Å². The molecule has 1 aliphatic rings. The number of rotatable bonds is 2. The number of hydrogen-bond donors (Lipinski definition) is 0. The molecule has 78 valence electrons. The van der Waals surface area contributed by atoms with E-state index >= 15 is 0 Å². The summed E-state index contributed by atoms with van der Waals surface area (Å²) >= 11 is 3.41. The van der Waals surface area contributed by atoms with Crippen LogP contribution in [0.3, 0.4) is 0 Å². The smallest absolute Gasteiger partial charge is 0.193 e. The Bertz CT molecular complexity index is 415. The Morgan fingerprint density at radius 3 is 2.87 bits per heavy atom. The summed E-state index contributed by atoms with van der Waals surface area (Å²) in [6.45, 7) is 2.55. The fourth-order valence-corrected chi connectivity index (χ4v) is 2.28. The van der Waals surface area contributed by atoms with E-state index in [2.05, 4.69) is 15.9 Å². The molecule has 1 aliphatic heterocycles. The third-order valence-electron chi connectivity index (χ3n) is 2.46. The number of carbonyl (C=O) groups excluding carboxylic acids is 1. The van der Waals surface area contributed by atoms with E-state index in [1.54, 1.807) is 6.26 Å². The lowest BCUT2D eigenvalue weighted by Gasteiger charge is -2.06. The van der Waals surface area contributed by atoms with Gasteiger partial charge in [0.2, 0.25) is 0 Å². The molecule has 3 heteroatoms. The van der Waals surface area contributed by atoms with E-state index in [-0.39, 0.29) is 5.78 Å². The lowest BCUT2D eigenvalue weighted by atomic mass is 9.99. The van der Waals surface area contributed by atoms with Crippen LogP contribution in [-0.4, -0.2) is 12.4 Å². The normalized spacial score (nSPS) is 14.7. The predicted octanol–water partition coefficient (Wildman–Crippen LogP) is 3.24. The number of halogens is 1. The van der Waals surface area contributed by atoms with Crippen molar-refractivity contribution in [3.63, 3.8) is 0 Å². The van der Waals surface area contributed by atoms with Gasteiger partial charge in [0.05, 0.1) is 12.9 Å². The Balaban J connectivity index is 2.41. The summed E-state index contributed by atoms with van der Waals surface area (Å²) in [5.41, 5.74) is 2.49. The minimum Gasteiger partial charge on any atom is -0.500 e. The van der Waals surface area contributed by atoms with E-state index in [4.69, 9.17) is 4.74 Å². The summed E-state index contributed by atoms with van der Waals surface area (Å²) in [5, 5.41) is 0. The zero-order chi connectivity index (χ0) is 10.8. The number of carbonyl (C=O) groups is 1. The highest BCUT2D eigenvalue weighted by Gasteiger charge is 2.20. The van der Waals surface area contributed by atoms with Crippen LogP contribution in [0.2, 0.25) is 0 Å². The maximum Gasteiger partial charge on any atom is 0.193 e. The monoisotopic (exact) mass is 266 g/mol. The topological polar surface area (TPSA) is 26.3 Å². The van der Waals surface area contributed by atoms with E-state index in [1.165, 1.54) is 0 Å². The lowest BCUT2D eigenvalue weighted by molar-refractivity contribution is 0.103. The molecule has 0 saturated heterocycles. The van der Waals surface area contributed by atoms with Gasteiger partial charge in [-0.15, -0.1) is 0 Å². The van der Waals surface area contributed by atoms with Crippen LogP contribution >= 0.6 is 15.9 Å². The number of ketones is 1. The lowest BCUT2D eigenvalue weighted by Crippen LogP contribution is -2.05. The van der Waals surface area contributed by atoms with Crippen LogP contribution in [0.4, 0.5) is 0 Å². The van der Waals surface area contributed by atoms with Gasteiger partial charge < -0.3 is 4.74 Å². The molecule has 0 saturated carbocycles. The summed E-state index contributed by atoms with van der Waals surface area (Å²) in [6, 6.07) is 5.75. The Hall–Kier alpha value is -1.09. The molecule has 0 fully saturated rings. The van der Waals surface area contributed by atoms with Crippen molar-refractivity contribution in [3.8, 4) is 0 Å². The maximum atomic E-state index is 12.1. The van der Waals surface area contributed by atoms with Gasteiger partial charge in [-0.1, -0.05) is 28.1 Å². The van der Waals surface area contributed by atoms with Gasteiger partial charge in [-0.05, 0) is 18.6 Å². The summed E-state index contributed by atoms with van der Waals surface area (Å²) in [4.78, 5) is 12.1. The van der Waals surface area contributed by atoms with Crippen LogP contribution in [-0.2, 0) is 4.74 Å². The fourth-order valence-electron chi connectivity index (χ4n) is 1.63. The van der Waals surface area contributed by atoms with Gasteiger partial charge >= 0.3 is 0 Å². The van der Waals surface area contributed by atoms with E-state index in [0.29, 0.717) is 13.0 Å². The average molecular weight is 267 g/mol. The summed E-state index contributed by atoms with van der Waals surface area (Å²) in [5.74, 6) is 0.0671. The number of ether oxygens (including phenoxy) is 1. The molecule has 0 amide bonds. The molecule has 0 aromatic heterocycles. The van der Waals surface area contributed by atoms with Gasteiger partial charge in [-0.3, -0.25) is 4.79 Å². The minimum absolute atomic E-state index is 0.0671. The van der Waals surface area contributed by atoms with Gasteiger partial charge in [0.15, 0.2) is 5.78 Å². The minimum atomic E-state index is 0.0671. The molecule has 0 bridgehead atoms. The molecular formula is C12H11BrO2. The second kappa shape index (κ2) is 4.19. The van der Waals surface area contributed by atoms with Gasteiger partial charge in [-0.2, -0.15) is 0 Å². The molecule has 15 heavy (non-hydrogen) atoms. The Morgan fingerprint density at radius 2 is 2.27 bits per heavy atom. The average Bonchev–Trinajstić information content (AvgIpc) is 2.69. The molecule has 2 nitrogen and oxygen atoms in total. The van der Waals surface area contributed by atoms with Gasteiger partial charge in [0, 0.05) is 22.0 Å². The summed E-state index contributed by atoms with van der Waals surface area (Å²) in [7, 11) is 0. The van der Waals surface area contributed by atoms with Gasteiger partial charge in [0.1, 0.15) is 0 Å². The van der Waals surface area contributed by atoms with Crippen LogP contribution in [0.5, 0.6) is 0 Å². The van der Waals surface area contributed by atoms with E-state index < -0.39 is 0 Å². The first-order valence-corrected chi connectivity index (χ1v) is 5.60. The third-order valence-corrected chi connectivity index (χ3v) is 3.12. The Labute approximate surface area is 97.1 Å². The van der Waals surface area contributed by atoms with Crippen LogP contribution in [0.1, 0.15) is 22.3 Å². The van der Waals surface area contributed by atoms with Crippen molar-refractivity contribution in [2.45, 2.75) is 13.3 Å². The first-order chi connectivity index (χ1) is 7.20. The number of benzene rings is 1. The standard InChI is InChI=1S/C12H11BrO2/c1-8-3-2-4-10(13)11(8)12(14)9-5-6-15-7-9/h2-4,7H,5-6H2,1H3. The molecule has 0 N–H and O–H groups in total. The summed E-state index contributed by atoms with van der Waals surface area (Å²) in [6.07, 6.45) is 2.28. The molecule has 0 radical (unpaired) electrons. The molecule has 1 aromatic rings. The van der Waals surface area contributed by atoms with Crippen LogP contribution in [0.15, 0.2) is 34.5 Å². The largest absolute Gasteiger partial charge is 0.500 e. The van der Waals surface area contributed by atoms with E-state index in [9.17, 15) is 4.79 Å². The first-order valence-electron chi connectivity index (χ1n) is 4.80. The highest BCUT2D eigenvalue weighted by Crippen LogP contribution is 2.25. The highest BCUT2D eigenvalue weighted by molar-refractivity contribution is 9.10. The summed E-state index contributed by atoms with van der Waals surface area (Å²) < 4.78 is 5.93. The maximum absolute atomic E-state index is 12.1. The predicted molar refractivity (Wildman–Crippen MR) is 61.9 cm³/mol. The Kier molecular flexibility index (Phi) is 2.91. The number of aryl methyl sites for hydroxylation is 1. The molecule has 2 rings (SSSR count). The molecule has 0 spiro atoms. The molecule has 0 atom stereocenters. The molecule has 0 unspecified atom stereocenters. The zero-order valence-corrected chi connectivity index (χ0v) is 10.0. The Morgan fingerprint density at radius 1 is 1.47 bits per heavy atom. The van der Waals surface area contributed by atoms with E-state index in [1.807, 2.05) is 25.1 Å². The van der Waals surface area contributed by atoms with Crippen LogP contribution < -0.4 is 0 Å². The van der Waals surface area contributed by atoms with Crippen LogP contribution in [0, 0.1) is 6.92 Å². The molecule has 1 aromatic carbocycles. The van der Waals surface area contributed by atoms with Crippen molar-refractivity contribution in [3.05, 3.63) is 45.6 Å². The van der Waals surface area contributed by atoms with Crippen molar-refractivity contribution in [1.82, 2.24) is 0 Å². The van der Waals surface area contributed by atoms with Gasteiger partial charge in [0.25, 0.3) is 0 Å². The first kappa shape index (κ1) is 10.4. The second-order valence-electron chi connectivity index (χ2n) is 3.52. The molecule has 0 aliphatic carbocycles. The van der Waals surface area contributed by atoms with Crippen molar-refractivity contribution >= 4 is 21.7 Å². The number of hydrogen-bond acceptors (Lipinski definition) is 2. The quantitative estimate of drug-likeness (QED) is 0.769. The van der Waals surface area contributed by atoms with Crippen molar-refractivity contribution in [1.29, 1.82) is 0 Å². The van der Waals surface area contributed by atoms with Gasteiger partial charge in [-0.25, -0.2) is 0 Å². The van der Waals surface area contributed by atoms with E-state index in [0.717, 1.165) is 21.2 Å². The van der Waals surface area contributed by atoms with Crippen LogP contribution in [0.25, 0.3) is 0 Å². The highest BCUT2D eigenvalue weighted by atomic mass is 79.9. The molecular weight excluding hydrogens is 256 g/mol. The molecule has 1 heterocycles. The SMILES string of the molecule is Cc1cccc(Br)c1C(=O)C1=COCC1. The van der Waals surface area contributed by atoms with Crippen molar-refractivity contribution in [2.24, 2.45) is 0 Å². The second-order valence-corrected chi connectivity index (χ2v) is 4.38. The zero-order valence-electron chi connectivity index (χ0n) is 8.42. The fraction of sp³-hybridized carbons (Fsp3) is 0.250.